The van der Waals surface area contributed by atoms with Crippen molar-refractivity contribution in [1.29, 1.82) is 0 Å². The topological polar surface area (TPSA) is 86.6 Å². The van der Waals surface area contributed by atoms with Gasteiger partial charge in [-0.2, -0.15) is 4.31 Å². The van der Waals surface area contributed by atoms with Gasteiger partial charge in [-0.25, -0.2) is 8.42 Å². The van der Waals surface area contributed by atoms with Crippen LogP contribution >= 0.6 is 0 Å². The number of aromatic nitrogens is 3. The van der Waals surface area contributed by atoms with Crippen molar-refractivity contribution in [2.75, 3.05) is 32.9 Å². The van der Waals surface area contributed by atoms with Gasteiger partial charge in [-0.15, -0.1) is 10.2 Å². The minimum Gasteiger partial charge on any atom is -0.494 e. The zero-order valence-electron chi connectivity index (χ0n) is 18.5. The Labute approximate surface area is 184 Å². The number of rotatable bonds is 7. The van der Waals surface area contributed by atoms with Gasteiger partial charge in [0.1, 0.15) is 17.9 Å². The van der Waals surface area contributed by atoms with Crippen LogP contribution in [-0.2, 0) is 21.3 Å². The Balaban J connectivity index is 1.66. The Morgan fingerprint density at radius 3 is 2.58 bits per heavy atom. The second kappa shape index (κ2) is 8.88. The predicted molar refractivity (Wildman–Crippen MR) is 116 cm³/mol. The smallest absolute Gasteiger partial charge is 0.243 e. The maximum absolute atomic E-state index is 13.5. The van der Waals surface area contributed by atoms with E-state index in [1.54, 1.807) is 34.9 Å². The van der Waals surface area contributed by atoms with E-state index in [-0.39, 0.29) is 11.3 Å². The van der Waals surface area contributed by atoms with Gasteiger partial charge in [0.25, 0.3) is 0 Å². The van der Waals surface area contributed by atoms with E-state index in [1.165, 1.54) is 0 Å². The van der Waals surface area contributed by atoms with Gasteiger partial charge in [-0.05, 0) is 55.4 Å². The summed E-state index contributed by atoms with van der Waals surface area (Å²) in [6, 6.07) is 6.69. The zero-order chi connectivity index (χ0) is 22.1. The molecule has 2 aromatic rings. The largest absolute Gasteiger partial charge is 0.494 e. The highest BCUT2D eigenvalue weighted by Gasteiger charge is 2.52. The Kier molecular flexibility index (Phi) is 6.37. The first-order chi connectivity index (χ1) is 14.9. The van der Waals surface area contributed by atoms with Crippen LogP contribution in [0.3, 0.4) is 0 Å². The average molecular weight is 449 g/mol. The molecule has 170 valence electrons. The second-order valence-corrected chi connectivity index (χ2v) is 10.9. The Morgan fingerprint density at radius 1 is 1.23 bits per heavy atom. The molecule has 2 fully saturated rings. The molecule has 0 saturated carbocycles. The maximum atomic E-state index is 13.5. The van der Waals surface area contributed by atoms with Gasteiger partial charge in [0.05, 0.1) is 11.5 Å². The minimum absolute atomic E-state index is 0.00452. The van der Waals surface area contributed by atoms with Gasteiger partial charge in [0, 0.05) is 38.8 Å². The molecule has 3 heterocycles. The van der Waals surface area contributed by atoms with E-state index >= 15 is 0 Å². The van der Waals surface area contributed by atoms with Crippen LogP contribution < -0.4 is 4.74 Å². The molecule has 2 aliphatic rings. The molecule has 2 saturated heterocycles. The molecule has 1 atom stereocenters. The lowest BCUT2D eigenvalue weighted by Crippen LogP contribution is -2.37. The molecule has 1 unspecified atom stereocenters. The molecule has 0 aliphatic carbocycles. The SMILES string of the molecule is CCOc1ccc(S(=O)(=O)N2CC(c3nncn3CC(C)C)C3(CCOCC3)C2)cc1. The van der Waals surface area contributed by atoms with Crippen molar-refractivity contribution < 1.29 is 17.9 Å². The van der Waals surface area contributed by atoms with Crippen LogP contribution in [-0.4, -0.2) is 60.4 Å². The van der Waals surface area contributed by atoms with Crippen molar-refractivity contribution in [2.45, 2.75) is 51.0 Å². The molecule has 1 spiro atoms. The summed E-state index contributed by atoms with van der Waals surface area (Å²) in [5.41, 5.74) is -0.182. The quantitative estimate of drug-likeness (QED) is 0.647. The van der Waals surface area contributed by atoms with Crippen molar-refractivity contribution >= 4 is 10.0 Å². The van der Waals surface area contributed by atoms with Crippen molar-refractivity contribution in [3.8, 4) is 5.75 Å². The van der Waals surface area contributed by atoms with Crippen molar-refractivity contribution in [3.05, 3.63) is 36.4 Å². The summed E-state index contributed by atoms with van der Waals surface area (Å²) in [5, 5.41) is 8.63. The lowest BCUT2D eigenvalue weighted by atomic mass is 9.71. The number of hydrogen-bond donors (Lipinski definition) is 0. The molecule has 4 rings (SSSR count). The average Bonchev–Trinajstić information content (AvgIpc) is 3.33. The molecule has 8 nitrogen and oxygen atoms in total. The van der Waals surface area contributed by atoms with E-state index in [1.807, 2.05) is 6.92 Å². The second-order valence-electron chi connectivity index (χ2n) is 8.96. The summed E-state index contributed by atoms with van der Waals surface area (Å²) in [7, 11) is -3.63. The summed E-state index contributed by atoms with van der Waals surface area (Å²) in [5.74, 6) is 2.00. The van der Waals surface area contributed by atoms with E-state index < -0.39 is 10.0 Å². The van der Waals surface area contributed by atoms with Gasteiger partial charge in [0.15, 0.2) is 0 Å². The summed E-state index contributed by atoms with van der Waals surface area (Å²) < 4.78 is 41.9. The monoisotopic (exact) mass is 448 g/mol. The molecule has 9 heteroatoms. The first kappa shape index (κ1) is 22.2. The zero-order valence-corrected chi connectivity index (χ0v) is 19.3. The highest BCUT2D eigenvalue weighted by atomic mass is 32.2. The Bertz CT molecular complexity index is 981. The number of sulfonamides is 1. The van der Waals surface area contributed by atoms with Crippen LogP contribution in [0.25, 0.3) is 0 Å². The maximum Gasteiger partial charge on any atom is 0.243 e. The Morgan fingerprint density at radius 2 is 1.94 bits per heavy atom. The van der Waals surface area contributed by atoms with Crippen LogP contribution in [0, 0.1) is 11.3 Å². The molecule has 2 aliphatic heterocycles. The van der Waals surface area contributed by atoms with Gasteiger partial charge in [0.2, 0.25) is 10.0 Å². The first-order valence-electron chi connectivity index (χ1n) is 11.0. The van der Waals surface area contributed by atoms with Gasteiger partial charge >= 0.3 is 0 Å². The summed E-state index contributed by atoms with van der Waals surface area (Å²) in [6.45, 7) is 9.75. The molecule has 0 N–H and O–H groups in total. The first-order valence-corrected chi connectivity index (χ1v) is 12.5. The Hall–Kier alpha value is -1.97. The molecule has 0 radical (unpaired) electrons. The number of hydrogen-bond acceptors (Lipinski definition) is 6. The number of benzene rings is 1. The number of ether oxygens (including phenoxy) is 2. The van der Waals surface area contributed by atoms with Crippen molar-refractivity contribution in [1.82, 2.24) is 19.1 Å². The number of nitrogens with zero attached hydrogens (tertiary/aromatic N) is 4. The molecule has 1 aromatic heterocycles. The van der Waals surface area contributed by atoms with Crippen molar-refractivity contribution in [2.24, 2.45) is 11.3 Å². The third-order valence-corrected chi connectivity index (χ3v) is 8.22. The normalized spacial score (nSPS) is 21.7. The third kappa shape index (κ3) is 4.36. The van der Waals surface area contributed by atoms with E-state index in [2.05, 4.69) is 28.6 Å². The molecule has 1 aromatic carbocycles. The molecule has 0 amide bonds. The van der Waals surface area contributed by atoms with E-state index in [0.717, 1.165) is 25.2 Å². The summed E-state index contributed by atoms with van der Waals surface area (Å²) in [4.78, 5) is 0.294. The lowest BCUT2D eigenvalue weighted by molar-refractivity contribution is 0.0129. The fourth-order valence-corrected chi connectivity index (χ4v) is 6.39. The van der Waals surface area contributed by atoms with E-state index in [4.69, 9.17) is 9.47 Å². The third-order valence-electron chi connectivity index (χ3n) is 6.40. The van der Waals surface area contributed by atoms with Crippen LogP contribution in [0.15, 0.2) is 35.5 Å². The van der Waals surface area contributed by atoms with E-state index in [9.17, 15) is 8.42 Å². The van der Waals surface area contributed by atoms with Gasteiger partial charge in [-0.3, -0.25) is 0 Å². The molecular weight excluding hydrogens is 416 g/mol. The van der Waals surface area contributed by atoms with Crippen molar-refractivity contribution in [3.63, 3.8) is 0 Å². The highest BCUT2D eigenvalue weighted by Crippen LogP contribution is 2.50. The molecule has 31 heavy (non-hydrogen) atoms. The summed E-state index contributed by atoms with van der Waals surface area (Å²) in [6.07, 6.45) is 3.41. The predicted octanol–water partition coefficient (Wildman–Crippen LogP) is 2.92. The lowest BCUT2D eigenvalue weighted by Gasteiger charge is -2.37. The standard InChI is InChI=1S/C22H32N4O4S/c1-4-30-18-5-7-19(8-6-18)31(27,28)26-14-20(22(15-26)9-11-29-12-10-22)21-24-23-16-25(21)13-17(2)3/h5-8,16-17,20H,4,9-15H2,1-3H3. The van der Waals surface area contributed by atoms with Crippen LogP contribution in [0.2, 0.25) is 0 Å². The fraction of sp³-hybridized carbons (Fsp3) is 0.636. The van der Waals surface area contributed by atoms with Crippen LogP contribution in [0.1, 0.15) is 45.4 Å². The van der Waals surface area contributed by atoms with Crippen LogP contribution in [0.5, 0.6) is 5.75 Å². The highest BCUT2D eigenvalue weighted by molar-refractivity contribution is 7.89. The van der Waals surface area contributed by atoms with Gasteiger partial charge < -0.3 is 14.0 Å². The fourth-order valence-electron chi connectivity index (χ4n) is 4.84. The van der Waals surface area contributed by atoms with Crippen LogP contribution in [0.4, 0.5) is 0 Å². The minimum atomic E-state index is -3.63. The molecule has 0 bridgehead atoms. The van der Waals surface area contributed by atoms with E-state index in [0.29, 0.717) is 49.5 Å². The molecular formula is C22H32N4O4S. The van der Waals surface area contributed by atoms with Gasteiger partial charge in [-0.1, -0.05) is 13.8 Å². The summed E-state index contributed by atoms with van der Waals surface area (Å²) >= 11 is 0.